The van der Waals surface area contributed by atoms with Gasteiger partial charge in [0.1, 0.15) is 25.8 Å². The Morgan fingerprint density at radius 2 is 1.75 bits per heavy atom. The van der Waals surface area contributed by atoms with Crippen LogP contribution in [-0.2, 0) is 26.2 Å². The first-order chi connectivity index (χ1) is 17.0. The minimum atomic E-state index is -3.85. The summed E-state index contributed by atoms with van der Waals surface area (Å²) in [4.78, 5) is 27.8. The van der Waals surface area contributed by atoms with Gasteiger partial charge in [0.25, 0.3) is 0 Å². The molecule has 0 radical (unpaired) electrons. The average Bonchev–Trinajstić information content (AvgIpc) is 2.82. The molecule has 1 aliphatic heterocycles. The van der Waals surface area contributed by atoms with E-state index in [4.69, 9.17) is 21.1 Å². The number of ether oxygens (including phenoxy) is 2. The van der Waals surface area contributed by atoms with Gasteiger partial charge in [-0.3, -0.25) is 13.9 Å². The van der Waals surface area contributed by atoms with Crippen LogP contribution in [0.4, 0.5) is 5.69 Å². The number of rotatable bonds is 10. The van der Waals surface area contributed by atoms with E-state index in [1.807, 2.05) is 13.8 Å². The molecule has 1 heterocycles. The third-order valence-electron chi connectivity index (χ3n) is 5.59. The zero-order chi connectivity index (χ0) is 26.5. The third kappa shape index (κ3) is 7.27. The van der Waals surface area contributed by atoms with Gasteiger partial charge in [-0.2, -0.15) is 0 Å². The molecule has 0 aromatic heterocycles. The molecule has 3 rings (SSSR count). The van der Waals surface area contributed by atoms with Crippen molar-refractivity contribution >= 4 is 39.1 Å². The second-order valence-electron chi connectivity index (χ2n) is 9.06. The first kappa shape index (κ1) is 27.6. The summed E-state index contributed by atoms with van der Waals surface area (Å²) < 4.78 is 37.5. The lowest BCUT2D eigenvalue weighted by molar-refractivity contribution is -0.139. The molecule has 0 saturated carbocycles. The van der Waals surface area contributed by atoms with E-state index >= 15 is 0 Å². The van der Waals surface area contributed by atoms with Gasteiger partial charge in [0.15, 0.2) is 11.5 Å². The predicted octanol–water partition coefficient (Wildman–Crippen LogP) is 3.07. The van der Waals surface area contributed by atoms with Crippen LogP contribution in [0, 0.1) is 5.92 Å². The van der Waals surface area contributed by atoms with Gasteiger partial charge in [-0.15, -0.1) is 0 Å². The molecular formula is C25H32ClN3O6S. The van der Waals surface area contributed by atoms with Crippen LogP contribution in [0.1, 0.15) is 26.3 Å². The number of carbonyl (C=O) groups is 2. The molecule has 0 bridgehead atoms. The van der Waals surface area contributed by atoms with Crippen LogP contribution >= 0.6 is 11.6 Å². The lowest BCUT2D eigenvalue weighted by atomic mass is 10.1. The fourth-order valence-electron chi connectivity index (χ4n) is 3.67. The SMILES string of the molecule is CC(C)CNC(=O)C(C)N(Cc1cccc(Cl)c1)C(=O)CN(c1ccc2c(c1)OCCO2)S(C)(=O)=O. The number of fused-ring (bicyclic) bond motifs is 1. The topological polar surface area (TPSA) is 105 Å². The normalized spacial score (nSPS) is 13.7. The van der Waals surface area contributed by atoms with Crippen molar-refractivity contribution in [1.82, 2.24) is 10.2 Å². The summed E-state index contributed by atoms with van der Waals surface area (Å²) in [6.07, 6.45) is 1.02. The highest BCUT2D eigenvalue weighted by Gasteiger charge is 2.30. The van der Waals surface area contributed by atoms with Gasteiger partial charge < -0.3 is 19.7 Å². The summed E-state index contributed by atoms with van der Waals surface area (Å²) in [5.74, 6) is 0.265. The summed E-state index contributed by atoms with van der Waals surface area (Å²) in [6.45, 7) is 6.33. The summed E-state index contributed by atoms with van der Waals surface area (Å²) in [5, 5.41) is 3.33. The van der Waals surface area contributed by atoms with Crippen LogP contribution in [0.5, 0.6) is 11.5 Å². The molecule has 2 amide bonds. The highest BCUT2D eigenvalue weighted by Crippen LogP contribution is 2.34. The van der Waals surface area contributed by atoms with Gasteiger partial charge in [-0.05, 0) is 42.7 Å². The summed E-state index contributed by atoms with van der Waals surface area (Å²) in [5.41, 5.74) is 0.972. The number of hydrogen-bond donors (Lipinski definition) is 1. The quantitative estimate of drug-likeness (QED) is 0.499. The first-order valence-electron chi connectivity index (χ1n) is 11.6. The van der Waals surface area contributed by atoms with Crippen molar-refractivity contribution in [3.05, 3.63) is 53.1 Å². The molecule has 0 fully saturated rings. The Morgan fingerprint density at radius 1 is 1.06 bits per heavy atom. The van der Waals surface area contributed by atoms with Gasteiger partial charge in [0.05, 0.1) is 11.9 Å². The number of nitrogens with one attached hydrogen (secondary N) is 1. The van der Waals surface area contributed by atoms with Crippen LogP contribution in [0.2, 0.25) is 5.02 Å². The van der Waals surface area contributed by atoms with Crippen molar-refractivity contribution in [2.24, 2.45) is 5.92 Å². The van der Waals surface area contributed by atoms with Crippen molar-refractivity contribution in [3.8, 4) is 11.5 Å². The van der Waals surface area contributed by atoms with Gasteiger partial charge in [-0.25, -0.2) is 8.42 Å². The van der Waals surface area contributed by atoms with Crippen LogP contribution in [0.25, 0.3) is 0 Å². The van der Waals surface area contributed by atoms with E-state index in [1.54, 1.807) is 43.3 Å². The average molecular weight is 538 g/mol. The van der Waals surface area contributed by atoms with E-state index in [-0.39, 0.29) is 24.1 Å². The maximum atomic E-state index is 13.6. The molecule has 2 aromatic rings. The number of amides is 2. The molecule has 9 nitrogen and oxygen atoms in total. The van der Waals surface area contributed by atoms with Crippen LogP contribution in [0.15, 0.2) is 42.5 Å². The standard InChI is InChI=1S/C25H32ClN3O6S/c1-17(2)14-27-25(31)18(3)28(15-19-6-5-7-20(26)12-19)24(30)16-29(36(4,32)33)21-8-9-22-23(13-21)35-11-10-34-22/h5-9,12-13,17-18H,10-11,14-16H2,1-4H3,(H,27,31). The zero-order valence-corrected chi connectivity index (χ0v) is 22.4. The van der Waals surface area contributed by atoms with E-state index in [0.29, 0.717) is 41.8 Å². The van der Waals surface area contributed by atoms with Crippen molar-refractivity contribution < 1.29 is 27.5 Å². The van der Waals surface area contributed by atoms with Crippen molar-refractivity contribution in [2.75, 3.05) is 36.9 Å². The summed E-state index contributed by atoms with van der Waals surface area (Å²) in [7, 11) is -3.85. The lowest BCUT2D eigenvalue weighted by Gasteiger charge is -2.32. The molecule has 2 aromatic carbocycles. The van der Waals surface area contributed by atoms with Crippen molar-refractivity contribution in [3.63, 3.8) is 0 Å². The van der Waals surface area contributed by atoms with E-state index in [9.17, 15) is 18.0 Å². The first-order valence-corrected chi connectivity index (χ1v) is 13.9. The maximum Gasteiger partial charge on any atom is 0.244 e. The minimum Gasteiger partial charge on any atom is -0.486 e. The molecule has 11 heteroatoms. The van der Waals surface area contributed by atoms with Crippen LogP contribution in [0.3, 0.4) is 0 Å². The Balaban J connectivity index is 1.90. The largest absolute Gasteiger partial charge is 0.486 e. The third-order valence-corrected chi connectivity index (χ3v) is 6.96. The molecule has 1 N–H and O–H groups in total. The zero-order valence-electron chi connectivity index (χ0n) is 20.9. The summed E-state index contributed by atoms with van der Waals surface area (Å²) in [6, 6.07) is 10.8. The molecule has 1 unspecified atom stereocenters. The Labute approximate surface area is 217 Å². The molecule has 196 valence electrons. The Hall–Kier alpha value is -2.98. The Morgan fingerprint density at radius 3 is 2.39 bits per heavy atom. The van der Waals surface area contributed by atoms with Gasteiger partial charge in [-0.1, -0.05) is 37.6 Å². The molecular weight excluding hydrogens is 506 g/mol. The van der Waals surface area contributed by atoms with Crippen LogP contribution < -0.4 is 19.1 Å². The highest BCUT2D eigenvalue weighted by atomic mass is 35.5. The van der Waals surface area contributed by atoms with Crippen molar-refractivity contribution in [1.29, 1.82) is 0 Å². The highest BCUT2D eigenvalue weighted by molar-refractivity contribution is 7.92. The number of nitrogens with zero attached hydrogens (tertiary/aromatic N) is 2. The monoisotopic (exact) mass is 537 g/mol. The van der Waals surface area contributed by atoms with Gasteiger partial charge in [0.2, 0.25) is 21.8 Å². The minimum absolute atomic E-state index is 0.0778. The second-order valence-corrected chi connectivity index (χ2v) is 11.4. The molecule has 0 spiro atoms. The van der Waals surface area contributed by atoms with E-state index in [1.165, 1.54) is 11.0 Å². The molecule has 1 atom stereocenters. The summed E-state index contributed by atoms with van der Waals surface area (Å²) >= 11 is 6.12. The number of carbonyl (C=O) groups excluding carboxylic acids is 2. The maximum absolute atomic E-state index is 13.6. The number of sulfonamides is 1. The van der Waals surface area contributed by atoms with Gasteiger partial charge >= 0.3 is 0 Å². The van der Waals surface area contributed by atoms with E-state index in [2.05, 4.69) is 5.32 Å². The predicted molar refractivity (Wildman–Crippen MR) is 139 cm³/mol. The fraction of sp³-hybridized carbons (Fsp3) is 0.440. The van der Waals surface area contributed by atoms with Crippen LogP contribution in [-0.4, -0.2) is 63.7 Å². The van der Waals surface area contributed by atoms with E-state index in [0.717, 1.165) is 10.6 Å². The number of benzene rings is 2. The molecule has 1 aliphatic rings. The lowest BCUT2D eigenvalue weighted by Crippen LogP contribution is -2.51. The van der Waals surface area contributed by atoms with Gasteiger partial charge in [0, 0.05) is 24.2 Å². The number of hydrogen-bond acceptors (Lipinski definition) is 6. The fourth-order valence-corrected chi connectivity index (χ4v) is 4.72. The molecule has 0 aliphatic carbocycles. The van der Waals surface area contributed by atoms with Crippen molar-refractivity contribution in [2.45, 2.75) is 33.4 Å². The Kier molecular flexibility index (Phi) is 9.08. The smallest absolute Gasteiger partial charge is 0.244 e. The number of halogens is 1. The molecule has 36 heavy (non-hydrogen) atoms. The Bertz CT molecular complexity index is 1200. The molecule has 0 saturated heterocycles. The number of anilines is 1. The second kappa shape index (κ2) is 11.8. The van der Waals surface area contributed by atoms with E-state index < -0.39 is 28.5 Å².